The summed E-state index contributed by atoms with van der Waals surface area (Å²) in [7, 11) is 0. The van der Waals surface area contributed by atoms with Crippen molar-refractivity contribution < 1.29 is 4.79 Å². The first-order valence-corrected chi connectivity index (χ1v) is 6.32. The molecule has 96 valence electrons. The van der Waals surface area contributed by atoms with E-state index in [0.717, 1.165) is 11.0 Å². The number of benzene rings is 1. The van der Waals surface area contributed by atoms with E-state index < -0.39 is 0 Å². The Bertz CT molecular complexity index is 526. The van der Waals surface area contributed by atoms with Gasteiger partial charge in [0.15, 0.2) is 0 Å². The number of rotatable bonds is 5. The van der Waals surface area contributed by atoms with E-state index >= 15 is 0 Å². The van der Waals surface area contributed by atoms with Gasteiger partial charge in [-0.25, -0.2) is 9.78 Å². The Morgan fingerprint density at radius 2 is 2.06 bits per heavy atom. The number of alkyl halides is 1. The van der Waals surface area contributed by atoms with Gasteiger partial charge < -0.3 is 15.2 Å². The van der Waals surface area contributed by atoms with Crippen molar-refractivity contribution in [1.82, 2.24) is 20.2 Å². The first kappa shape index (κ1) is 12.7. The number of halogens is 1. The van der Waals surface area contributed by atoms with Gasteiger partial charge in [0.05, 0.1) is 17.4 Å². The Morgan fingerprint density at radius 3 is 2.89 bits per heavy atom. The van der Waals surface area contributed by atoms with Gasteiger partial charge in [-0.3, -0.25) is 0 Å². The summed E-state index contributed by atoms with van der Waals surface area (Å²) in [5, 5.41) is 5.41. The molecule has 1 heterocycles. The zero-order valence-corrected chi connectivity index (χ0v) is 10.7. The predicted octanol–water partition coefficient (Wildman–Crippen LogP) is 1.57. The summed E-state index contributed by atoms with van der Waals surface area (Å²) in [5.41, 5.74) is 2.03. The topological polar surface area (TPSA) is 59.0 Å². The van der Waals surface area contributed by atoms with Crippen LogP contribution in [0, 0.1) is 0 Å². The number of urea groups is 1. The van der Waals surface area contributed by atoms with Crippen LogP contribution in [0.25, 0.3) is 11.0 Å². The zero-order valence-electron chi connectivity index (χ0n) is 9.90. The zero-order chi connectivity index (χ0) is 12.8. The lowest BCUT2D eigenvalue weighted by atomic mass is 10.3. The van der Waals surface area contributed by atoms with Crippen molar-refractivity contribution in [2.24, 2.45) is 0 Å². The molecule has 0 aliphatic heterocycles. The van der Waals surface area contributed by atoms with Crippen molar-refractivity contribution in [3.05, 3.63) is 30.6 Å². The minimum Gasteiger partial charge on any atom is -0.337 e. The minimum atomic E-state index is -0.194. The fourth-order valence-corrected chi connectivity index (χ4v) is 1.80. The number of aromatic nitrogens is 2. The molecule has 6 heteroatoms. The number of amides is 2. The van der Waals surface area contributed by atoms with Crippen molar-refractivity contribution in [1.29, 1.82) is 0 Å². The lowest BCUT2D eigenvalue weighted by Crippen LogP contribution is -2.38. The van der Waals surface area contributed by atoms with E-state index in [9.17, 15) is 4.79 Å². The number of hydrogen-bond acceptors (Lipinski definition) is 2. The van der Waals surface area contributed by atoms with Crippen LogP contribution in [0.2, 0.25) is 0 Å². The summed E-state index contributed by atoms with van der Waals surface area (Å²) in [6.07, 6.45) is 1.78. The highest BCUT2D eigenvalue weighted by atomic mass is 35.5. The maximum atomic E-state index is 11.3. The monoisotopic (exact) mass is 266 g/mol. The molecule has 0 aliphatic carbocycles. The average Bonchev–Trinajstić information content (AvgIpc) is 2.80. The number of hydrogen-bond donors (Lipinski definition) is 2. The molecule has 2 rings (SSSR count). The summed E-state index contributed by atoms with van der Waals surface area (Å²) in [6.45, 7) is 1.71. The first-order chi connectivity index (χ1) is 8.81. The molecule has 2 aromatic rings. The molecule has 0 fully saturated rings. The summed E-state index contributed by atoms with van der Waals surface area (Å²) in [5.74, 6) is 0.416. The SMILES string of the molecule is O=C(NCCCl)NCCn1cnc2ccccc21. The maximum absolute atomic E-state index is 11.3. The summed E-state index contributed by atoms with van der Waals surface area (Å²) >= 11 is 5.47. The van der Waals surface area contributed by atoms with Crippen LogP contribution in [-0.4, -0.2) is 34.6 Å². The van der Waals surface area contributed by atoms with Crippen molar-refractivity contribution in [3.8, 4) is 0 Å². The third-order valence-electron chi connectivity index (χ3n) is 2.55. The molecule has 0 bridgehead atoms. The lowest BCUT2D eigenvalue weighted by Gasteiger charge is -2.07. The van der Waals surface area contributed by atoms with Gasteiger partial charge in [-0.15, -0.1) is 11.6 Å². The highest BCUT2D eigenvalue weighted by Crippen LogP contribution is 2.10. The third-order valence-corrected chi connectivity index (χ3v) is 2.73. The van der Waals surface area contributed by atoms with Crippen LogP contribution < -0.4 is 10.6 Å². The number of para-hydroxylation sites is 2. The van der Waals surface area contributed by atoms with Crippen LogP contribution in [0.5, 0.6) is 0 Å². The molecule has 0 aliphatic rings. The number of fused-ring (bicyclic) bond motifs is 1. The molecular weight excluding hydrogens is 252 g/mol. The molecule has 0 unspecified atom stereocenters. The quantitative estimate of drug-likeness (QED) is 0.807. The predicted molar refractivity (Wildman–Crippen MR) is 71.9 cm³/mol. The Balaban J connectivity index is 1.85. The number of carbonyl (C=O) groups excluding carboxylic acids is 1. The molecule has 0 atom stereocenters. The van der Waals surface area contributed by atoms with Gasteiger partial charge in [-0.2, -0.15) is 0 Å². The first-order valence-electron chi connectivity index (χ1n) is 5.79. The Labute approximate surface area is 110 Å². The van der Waals surface area contributed by atoms with E-state index in [1.165, 1.54) is 0 Å². The molecule has 0 saturated carbocycles. The van der Waals surface area contributed by atoms with E-state index in [-0.39, 0.29) is 6.03 Å². The second kappa shape index (κ2) is 6.26. The van der Waals surface area contributed by atoms with Crippen LogP contribution in [0.4, 0.5) is 4.79 Å². The molecule has 2 N–H and O–H groups in total. The number of carbonyl (C=O) groups is 1. The van der Waals surface area contributed by atoms with Crippen LogP contribution in [0.3, 0.4) is 0 Å². The fraction of sp³-hybridized carbons (Fsp3) is 0.333. The summed E-state index contributed by atoms with van der Waals surface area (Å²) in [6, 6.07) is 7.71. The van der Waals surface area contributed by atoms with Gasteiger partial charge in [0.25, 0.3) is 0 Å². The molecule has 0 saturated heterocycles. The van der Waals surface area contributed by atoms with E-state index in [4.69, 9.17) is 11.6 Å². The van der Waals surface area contributed by atoms with Crippen molar-refractivity contribution >= 4 is 28.7 Å². The minimum absolute atomic E-state index is 0.194. The van der Waals surface area contributed by atoms with Crippen LogP contribution in [-0.2, 0) is 6.54 Å². The summed E-state index contributed by atoms with van der Waals surface area (Å²) in [4.78, 5) is 15.6. The molecular formula is C12H15ClN4O. The van der Waals surface area contributed by atoms with Gasteiger partial charge in [0, 0.05) is 25.5 Å². The second-order valence-electron chi connectivity index (χ2n) is 3.80. The van der Waals surface area contributed by atoms with Gasteiger partial charge in [-0.05, 0) is 12.1 Å². The van der Waals surface area contributed by atoms with Gasteiger partial charge >= 0.3 is 6.03 Å². The smallest absolute Gasteiger partial charge is 0.314 e. The van der Waals surface area contributed by atoms with E-state index in [2.05, 4.69) is 15.6 Å². The van der Waals surface area contributed by atoms with E-state index in [0.29, 0.717) is 25.5 Å². The maximum Gasteiger partial charge on any atom is 0.314 e. The van der Waals surface area contributed by atoms with Crippen LogP contribution >= 0.6 is 11.6 Å². The van der Waals surface area contributed by atoms with Gasteiger partial charge in [-0.1, -0.05) is 12.1 Å². The largest absolute Gasteiger partial charge is 0.337 e. The van der Waals surface area contributed by atoms with Crippen molar-refractivity contribution in [2.75, 3.05) is 19.0 Å². The lowest BCUT2D eigenvalue weighted by molar-refractivity contribution is 0.241. The average molecular weight is 267 g/mol. The van der Waals surface area contributed by atoms with Crippen molar-refractivity contribution in [2.45, 2.75) is 6.54 Å². The number of nitrogens with zero attached hydrogens (tertiary/aromatic N) is 2. The van der Waals surface area contributed by atoms with Crippen LogP contribution in [0.1, 0.15) is 0 Å². The van der Waals surface area contributed by atoms with Gasteiger partial charge in [0.2, 0.25) is 0 Å². The van der Waals surface area contributed by atoms with Crippen molar-refractivity contribution in [3.63, 3.8) is 0 Å². The standard InChI is InChI=1S/C12H15ClN4O/c13-5-6-14-12(18)15-7-8-17-9-16-10-3-1-2-4-11(10)17/h1-4,9H,5-8H2,(H2,14,15,18). The molecule has 5 nitrogen and oxygen atoms in total. The third kappa shape index (κ3) is 3.13. The molecule has 1 aromatic carbocycles. The number of imidazole rings is 1. The van der Waals surface area contributed by atoms with E-state index in [1.807, 2.05) is 28.8 Å². The Kier molecular flexibility index (Phi) is 4.41. The number of nitrogens with one attached hydrogen (secondary N) is 2. The summed E-state index contributed by atoms with van der Waals surface area (Å²) < 4.78 is 2.01. The molecule has 1 aromatic heterocycles. The molecule has 2 amide bonds. The fourth-order valence-electron chi connectivity index (χ4n) is 1.70. The second-order valence-corrected chi connectivity index (χ2v) is 4.18. The molecule has 0 spiro atoms. The normalized spacial score (nSPS) is 10.5. The van der Waals surface area contributed by atoms with E-state index in [1.54, 1.807) is 6.33 Å². The van der Waals surface area contributed by atoms with Gasteiger partial charge in [0.1, 0.15) is 0 Å². The Hall–Kier alpha value is -1.75. The Morgan fingerprint density at radius 1 is 1.28 bits per heavy atom. The molecule has 0 radical (unpaired) electrons. The highest BCUT2D eigenvalue weighted by molar-refractivity contribution is 6.18. The highest BCUT2D eigenvalue weighted by Gasteiger charge is 2.02. The molecule has 18 heavy (non-hydrogen) atoms. The van der Waals surface area contributed by atoms with Crippen LogP contribution in [0.15, 0.2) is 30.6 Å².